The van der Waals surface area contributed by atoms with Gasteiger partial charge in [-0.3, -0.25) is 4.98 Å². The maximum Gasteiger partial charge on any atom is 0.0273 e. The molecule has 1 aromatic heterocycles. The average Bonchev–Trinajstić information content (AvgIpc) is 2.41. The van der Waals surface area contributed by atoms with Crippen LogP contribution in [0.4, 0.5) is 0 Å². The molecule has 0 amide bonds. The quantitative estimate of drug-likeness (QED) is 0.727. The molecule has 0 atom stereocenters. The first-order valence-corrected chi connectivity index (χ1v) is 5.06. The van der Waals surface area contributed by atoms with Crippen LogP contribution in [0.25, 0.3) is 12.2 Å². The molecule has 0 aliphatic carbocycles. The molecule has 0 fully saturated rings. The molecule has 0 saturated carbocycles. The van der Waals surface area contributed by atoms with Crippen LogP contribution in [0.2, 0.25) is 0 Å². The molecule has 1 heteroatoms. The number of benzene rings is 1. The third-order valence-corrected chi connectivity index (χ3v) is 1.98. The Bertz CT molecular complexity index is 374. The van der Waals surface area contributed by atoms with Gasteiger partial charge < -0.3 is 0 Å². The summed E-state index contributed by atoms with van der Waals surface area (Å²) in [4.78, 5) is 3.85. The summed E-state index contributed by atoms with van der Waals surface area (Å²) in [6.07, 6.45) is 7.12. The molecule has 0 saturated heterocycles. The van der Waals surface area contributed by atoms with Crippen LogP contribution >= 0.6 is 0 Å². The molecule has 0 spiro atoms. The smallest absolute Gasteiger partial charge is 0.0273 e. The molecule has 0 aliphatic heterocycles. The van der Waals surface area contributed by atoms with E-state index in [9.17, 15) is 0 Å². The maximum atomic E-state index is 3.85. The van der Waals surface area contributed by atoms with E-state index in [1.807, 2.05) is 48.5 Å². The van der Waals surface area contributed by atoms with Gasteiger partial charge in [0.05, 0.1) is 0 Å². The topological polar surface area (TPSA) is 12.9 Å². The molecular weight excluding hydrogens is 194 g/mol. The Balaban J connectivity index is 0.000000160. The Morgan fingerprint density at radius 2 is 1.25 bits per heavy atom. The molecule has 1 aromatic carbocycles. The van der Waals surface area contributed by atoms with Gasteiger partial charge in [-0.05, 0) is 23.3 Å². The summed E-state index contributed by atoms with van der Waals surface area (Å²) in [5.74, 6) is 0. The zero-order valence-corrected chi connectivity index (χ0v) is 9.21. The predicted molar refractivity (Wildman–Crippen MR) is 70.9 cm³/mol. The fourth-order valence-corrected chi connectivity index (χ4v) is 1.09. The van der Waals surface area contributed by atoms with E-state index >= 15 is 0 Å². The van der Waals surface area contributed by atoms with Crippen LogP contribution in [0, 0.1) is 0 Å². The lowest BCUT2D eigenvalue weighted by Crippen LogP contribution is -1.69. The van der Waals surface area contributed by atoms with Gasteiger partial charge >= 0.3 is 0 Å². The van der Waals surface area contributed by atoms with Crippen molar-refractivity contribution >= 4 is 12.2 Å². The van der Waals surface area contributed by atoms with Gasteiger partial charge in [-0.25, -0.2) is 0 Å². The van der Waals surface area contributed by atoms with Crippen molar-refractivity contribution in [1.82, 2.24) is 4.98 Å². The highest BCUT2D eigenvalue weighted by atomic mass is 14.6. The molecule has 0 radical (unpaired) electrons. The van der Waals surface area contributed by atoms with Crippen LogP contribution in [0.1, 0.15) is 11.1 Å². The summed E-state index contributed by atoms with van der Waals surface area (Å²) in [5.41, 5.74) is 2.28. The van der Waals surface area contributed by atoms with Crippen LogP contribution in [-0.4, -0.2) is 4.98 Å². The van der Waals surface area contributed by atoms with Crippen LogP contribution < -0.4 is 0 Å². The summed E-state index contributed by atoms with van der Waals surface area (Å²) >= 11 is 0. The second-order valence-corrected chi connectivity index (χ2v) is 3.10. The molecule has 0 unspecified atom stereocenters. The zero-order chi connectivity index (χ0) is 11.6. The average molecular weight is 209 g/mol. The molecule has 80 valence electrons. The van der Waals surface area contributed by atoms with Crippen molar-refractivity contribution in [3.05, 3.63) is 79.1 Å². The Labute approximate surface area is 96.8 Å². The van der Waals surface area contributed by atoms with E-state index in [4.69, 9.17) is 0 Å². The molecule has 2 rings (SSSR count). The third kappa shape index (κ3) is 4.38. The Morgan fingerprint density at radius 3 is 1.62 bits per heavy atom. The van der Waals surface area contributed by atoms with Gasteiger partial charge in [-0.1, -0.05) is 55.6 Å². The number of pyridine rings is 1. The zero-order valence-electron chi connectivity index (χ0n) is 9.21. The Morgan fingerprint density at radius 1 is 0.750 bits per heavy atom. The van der Waals surface area contributed by atoms with Crippen molar-refractivity contribution in [2.45, 2.75) is 0 Å². The second-order valence-electron chi connectivity index (χ2n) is 3.10. The molecule has 0 bridgehead atoms. The highest BCUT2D eigenvalue weighted by Crippen LogP contribution is 1.97. The molecule has 1 heterocycles. The summed E-state index contributed by atoms with van der Waals surface area (Å²) in [6, 6.07) is 13.8. The molecule has 1 nitrogen and oxygen atoms in total. The first-order chi connectivity index (χ1) is 7.86. The monoisotopic (exact) mass is 209 g/mol. The first-order valence-electron chi connectivity index (χ1n) is 5.06. The summed E-state index contributed by atoms with van der Waals surface area (Å²) in [7, 11) is 0. The summed E-state index contributed by atoms with van der Waals surface area (Å²) in [5, 5.41) is 0. The van der Waals surface area contributed by atoms with Crippen molar-refractivity contribution in [2.75, 3.05) is 0 Å². The van der Waals surface area contributed by atoms with Crippen LogP contribution in [-0.2, 0) is 0 Å². The highest BCUT2D eigenvalue weighted by Gasteiger charge is 1.77. The van der Waals surface area contributed by atoms with Crippen molar-refractivity contribution < 1.29 is 0 Å². The normalized spacial score (nSPS) is 8.50. The number of hydrogen-bond donors (Lipinski definition) is 0. The van der Waals surface area contributed by atoms with E-state index in [0.29, 0.717) is 0 Å². The van der Waals surface area contributed by atoms with Crippen LogP contribution in [0.5, 0.6) is 0 Å². The lowest BCUT2D eigenvalue weighted by Gasteiger charge is -1.85. The van der Waals surface area contributed by atoms with Crippen molar-refractivity contribution in [3.63, 3.8) is 0 Å². The number of aromatic nitrogens is 1. The number of hydrogen-bond acceptors (Lipinski definition) is 1. The Kier molecular flexibility index (Phi) is 5.35. The predicted octanol–water partition coefficient (Wildman–Crippen LogP) is 4.05. The van der Waals surface area contributed by atoms with Crippen LogP contribution in [0.3, 0.4) is 0 Å². The molecule has 0 aliphatic rings. The number of nitrogens with zero attached hydrogens (tertiary/aromatic N) is 1. The maximum absolute atomic E-state index is 3.85. The summed E-state index contributed by atoms with van der Waals surface area (Å²) in [6.45, 7) is 7.23. The number of rotatable bonds is 2. The van der Waals surface area contributed by atoms with E-state index < -0.39 is 0 Å². The van der Waals surface area contributed by atoms with Gasteiger partial charge in [0, 0.05) is 12.4 Å². The van der Waals surface area contributed by atoms with E-state index in [2.05, 4.69) is 18.1 Å². The molecule has 16 heavy (non-hydrogen) atoms. The van der Waals surface area contributed by atoms with Gasteiger partial charge in [-0.15, -0.1) is 0 Å². The van der Waals surface area contributed by atoms with Crippen molar-refractivity contribution in [3.8, 4) is 0 Å². The second kappa shape index (κ2) is 7.18. The standard InChI is InChI=1S/C8H8.C7H7N/c1-2-8-6-4-3-5-7-8;1-2-7-3-5-8-6-4-7/h2-7H,1H2;2-6H,1H2. The minimum absolute atomic E-state index is 1.11. The minimum Gasteiger partial charge on any atom is -0.265 e. The fourth-order valence-electron chi connectivity index (χ4n) is 1.09. The molecular formula is C15H15N. The lowest BCUT2D eigenvalue weighted by molar-refractivity contribution is 1.32. The lowest BCUT2D eigenvalue weighted by atomic mass is 10.2. The third-order valence-electron chi connectivity index (χ3n) is 1.98. The van der Waals surface area contributed by atoms with Crippen molar-refractivity contribution in [1.29, 1.82) is 0 Å². The highest BCUT2D eigenvalue weighted by molar-refractivity contribution is 5.45. The minimum atomic E-state index is 1.11. The van der Waals surface area contributed by atoms with Gasteiger partial charge in [0.25, 0.3) is 0 Å². The van der Waals surface area contributed by atoms with E-state index in [0.717, 1.165) is 5.56 Å². The first kappa shape index (κ1) is 11.9. The van der Waals surface area contributed by atoms with Gasteiger partial charge in [0.1, 0.15) is 0 Å². The van der Waals surface area contributed by atoms with E-state index in [1.165, 1.54) is 5.56 Å². The SMILES string of the molecule is C=Cc1ccccc1.C=Cc1ccncc1. The van der Waals surface area contributed by atoms with Crippen molar-refractivity contribution in [2.24, 2.45) is 0 Å². The van der Waals surface area contributed by atoms with E-state index in [-0.39, 0.29) is 0 Å². The molecule has 0 N–H and O–H groups in total. The van der Waals surface area contributed by atoms with Crippen LogP contribution in [0.15, 0.2) is 68.0 Å². The summed E-state index contributed by atoms with van der Waals surface area (Å²) < 4.78 is 0. The van der Waals surface area contributed by atoms with E-state index in [1.54, 1.807) is 18.5 Å². The largest absolute Gasteiger partial charge is 0.265 e. The van der Waals surface area contributed by atoms with Gasteiger partial charge in [-0.2, -0.15) is 0 Å². The Hall–Kier alpha value is -2.15. The van der Waals surface area contributed by atoms with Gasteiger partial charge in [0.2, 0.25) is 0 Å². The molecule has 2 aromatic rings. The van der Waals surface area contributed by atoms with Gasteiger partial charge in [0.15, 0.2) is 0 Å². The fraction of sp³-hybridized carbons (Fsp3) is 0.